The van der Waals surface area contributed by atoms with E-state index in [9.17, 15) is 0 Å². The van der Waals surface area contributed by atoms with Crippen LogP contribution in [0.1, 0.15) is 25.0 Å². The molecule has 1 nitrogen and oxygen atoms in total. The monoisotopic (exact) mass is 612 g/mol. The van der Waals surface area contributed by atoms with Gasteiger partial charge >= 0.3 is 0 Å². The molecule has 226 valence electrons. The predicted octanol–water partition coefficient (Wildman–Crippen LogP) is 13.2. The van der Waals surface area contributed by atoms with Gasteiger partial charge in [-0.15, -0.1) is 0 Å². The van der Waals surface area contributed by atoms with Gasteiger partial charge in [0.2, 0.25) is 0 Å². The van der Waals surface area contributed by atoms with Crippen LogP contribution in [-0.2, 0) is 5.41 Å². The maximum absolute atomic E-state index is 7.02. The lowest BCUT2D eigenvalue weighted by molar-refractivity contribution is 0.659. The van der Waals surface area contributed by atoms with Crippen LogP contribution in [0.2, 0.25) is 0 Å². The average Bonchev–Trinajstić information content (AvgIpc) is 3.63. The van der Waals surface area contributed by atoms with Crippen molar-refractivity contribution in [3.05, 3.63) is 169 Å². The fourth-order valence-electron chi connectivity index (χ4n) is 8.54. The van der Waals surface area contributed by atoms with Crippen LogP contribution in [0, 0.1) is 0 Å². The molecule has 1 aliphatic rings. The molecule has 9 aromatic rings. The zero-order valence-electron chi connectivity index (χ0n) is 26.9. The third-order valence-electron chi connectivity index (χ3n) is 10.6. The van der Waals surface area contributed by atoms with E-state index in [-0.39, 0.29) is 5.41 Å². The molecule has 0 saturated heterocycles. The van der Waals surface area contributed by atoms with Crippen LogP contribution in [0.5, 0.6) is 0 Å². The average molecular weight is 613 g/mol. The number of furan rings is 1. The van der Waals surface area contributed by atoms with Gasteiger partial charge in [-0.3, -0.25) is 0 Å². The SMILES string of the molecule is CC1(C)c2ccccc2-c2c(-c3ccccc3)ccc(-c3c4ccccc4c(-c4ccc5ccccc5c4)c4c3oc3ccccc34)c21. The Balaban J connectivity index is 1.38. The highest BCUT2D eigenvalue weighted by Crippen LogP contribution is 2.57. The summed E-state index contributed by atoms with van der Waals surface area (Å²) < 4.78 is 7.02. The molecule has 1 heteroatoms. The van der Waals surface area contributed by atoms with Gasteiger partial charge in [-0.05, 0) is 78.2 Å². The van der Waals surface area contributed by atoms with Crippen LogP contribution in [-0.4, -0.2) is 0 Å². The third kappa shape index (κ3) is 3.73. The molecule has 1 aliphatic carbocycles. The van der Waals surface area contributed by atoms with E-state index < -0.39 is 0 Å². The molecule has 8 aromatic carbocycles. The highest BCUT2D eigenvalue weighted by Gasteiger charge is 2.40. The van der Waals surface area contributed by atoms with Crippen molar-refractivity contribution in [1.29, 1.82) is 0 Å². The van der Waals surface area contributed by atoms with Crippen molar-refractivity contribution in [2.24, 2.45) is 0 Å². The summed E-state index contributed by atoms with van der Waals surface area (Å²) in [5.41, 5.74) is 14.3. The number of para-hydroxylation sites is 1. The Hall–Kier alpha value is -5.92. The lowest BCUT2D eigenvalue weighted by Crippen LogP contribution is -2.16. The van der Waals surface area contributed by atoms with Crippen molar-refractivity contribution in [2.75, 3.05) is 0 Å². The van der Waals surface area contributed by atoms with Crippen LogP contribution in [0.4, 0.5) is 0 Å². The first-order valence-electron chi connectivity index (χ1n) is 16.8. The van der Waals surface area contributed by atoms with Crippen molar-refractivity contribution in [3.8, 4) is 44.5 Å². The molecule has 0 spiro atoms. The standard InChI is InChI=1S/C47H32O/c1-47(2)39-22-12-10-20-36(39)42-33(30-15-4-3-5-16-30)26-27-38(45(42)47)43-35-19-9-8-18-34(35)41(32-25-24-29-14-6-7-17-31(29)28-32)44-37-21-11-13-23-40(37)48-46(43)44/h3-28H,1-2H3. The fourth-order valence-corrected chi connectivity index (χ4v) is 8.54. The van der Waals surface area contributed by atoms with Crippen molar-refractivity contribution >= 4 is 43.5 Å². The molecule has 0 fully saturated rings. The summed E-state index contributed by atoms with van der Waals surface area (Å²) >= 11 is 0. The van der Waals surface area contributed by atoms with E-state index in [4.69, 9.17) is 4.42 Å². The van der Waals surface area contributed by atoms with Gasteiger partial charge in [0, 0.05) is 27.3 Å². The topological polar surface area (TPSA) is 13.1 Å². The van der Waals surface area contributed by atoms with E-state index in [1.807, 2.05) is 0 Å². The molecule has 0 amide bonds. The molecule has 0 radical (unpaired) electrons. The molecule has 0 saturated carbocycles. The summed E-state index contributed by atoms with van der Waals surface area (Å²) in [5, 5.41) is 7.22. The molecular weight excluding hydrogens is 581 g/mol. The zero-order valence-corrected chi connectivity index (χ0v) is 26.9. The second-order valence-corrected chi connectivity index (χ2v) is 13.6. The summed E-state index contributed by atoms with van der Waals surface area (Å²) in [7, 11) is 0. The molecule has 0 aliphatic heterocycles. The first-order valence-corrected chi connectivity index (χ1v) is 16.8. The van der Waals surface area contributed by atoms with Crippen molar-refractivity contribution in [3.63, 3.8) is 0 Å². The predicted molar refractivity (Wildman–Crippen MR) is 203 cm³/mol. The second-order valence-electron chi connectivity index (χ2n) is 13.6. The van der Waals surface area contributed by atoms with Crippen molar-refractivity contribution < 1.29 is 4.42 Å². The lowest BCUT2D eigenvalue weighted by atomic mass is 9.76. The Labute approximate surface area is 279 Å². The number of hydrogen-bond acceptors (Lipinski definition) is 1. The zero-order chi connectivity index (χ0) is 32.0. The minimum absolute atomic E-state index is 0.220. The molecule has 1 aromatic heterocycles. The fraction of sp³-hybridized carbons (Fsp3) is 0.0638. The summed E-state index contributed by atoms with van der Waals surface area (Å²) in [6.07, 6.45) is 0. The maximum Gasteiger partial charge on any atom is 0.144 e. The minimum atomic E-state index is -0.220. The number of hydrogen-bond donors (Lipinski definition) is 0. The van der Waals surface area contributed by atoms with E-state index in [1.165, 1.54) is 77.0 Å². The molecular formula is C47H32O. The smallest absolute Gasteiger partial charge is 0.144 e. The van der Waals surface area contributed by atoms with Crippen LogP contribution in [0.15, 0.2) is 162 Å². The van der Waals surface area contributed by atoms with Crippen molar-refractivity contribution in [1.82, 2.24) is 0 Å². The number of fused-ring (bicyclic) bond motifs is 8. The molecule has 0 N–H and O–H groups in total. The Bertz CT molecular complexity index is 2740. The molecule has 0 unspecified atom stereocenters. The first kappa shape index (κ1) is 27.2. The summed E-state index contributed by atoms with van der Waals surface area (Å²) in [6.45, 7) is 4.77. The molecule has 0 bridgehead atoms. The van der Waals surface area contributed by atoms with E-state index in [0.29, 0.717) is 0 Å². The summed E-state index contributed by atoms with van der Waals surface area (Å²) in [6, 6.07) is 57.4. The van der Waals surface area contributed by atoms with Gasteiger partial charge in [0.15, 0.2) is 0 Å². The van der Waals surface area contributed by atoms with Crippen LogP contribution in [0.3, 0.4) is 0 Å². The second kappa shape index (κ2) is 10.0. The van der Waals surface area contributed by atoms with E-state index in [2.05, 4.69) is 172 Å². The minimum Gasteiger partial charge on any atom is -0.455 e. The Morgan fingerprint density at radius 3 is 1.92 bits per heavy atom. The highest BCUT2D eigenvalue weighted by molar-refractivity contribution is 6.27. The highest BCUT2D eigenvalue weighted by atomic mass is 16.3. The maximum atomic E-state index is 7.02. The van der Waals surface area contributed by atoms with Gasteiger partial charge in [-0.25, -0.2) is 0 Å². The van der Waals surface area contributed by atoms with Crippen LogP contribution >= 0.6 is 0 Å². The Morgan fingerprint density at radius 2 is 1.08 bits per heavy atom. The largest absolute Gasteiger partial charge is 0.455 e. The third-order valence-corrected chi connectivity index (χ3v) is 10.6. The molecule has 1 heterocycles. The number of rotatable bonds is 3. The molecule has 0 atom stereocenters. The van der Waals surface area contributed by atoms with Crippen LogP contribution in [0.25, 0.3) is 88.0 Å². The molecule has 48 heavy (non-hydrogen) atoms. The summed E-state index contributed by atoms with van der Waals surface area (Å²) in [5.74, 6) is 0. The quantitative estimate of drug-likeness (QED) is 0.193. The number of benzene rings is 8. The normalized spacial score (nSPS) is 13.4. The van der Waals surface area contributed by atoms with Crippen LogP contribution < -0.4 is 0 Å². The van der Waals surface area contributed by atoms with Gasteiger partial charge in [-0.1, -0.05) is 159 Å². The molecule has 10 rings (SSSR count). The van der Waals surface area contributed by atoms with E-state index in [0.717, 1.165) is 22.1 Å². The van der Waals surface area contributed by atoms with E-state index >= 15 is 0 Å². The van der Waals surface area contributed by atoms with Gasteiger partial charge < -0.3 is 4.42 Å². The summed E-state index contributed by atoms with van der Waals surface area (Å²) in [4.78, 5) is 0. The van der Waals surface area contributed by atoms with E-state index in [1.54, 1.807) is 0 Å². The van der Waals surface area contributed by atoms with Gasteiger partial charge in [-0.2, -0.15) is 0 Å². The Kier molecular flexibility index (Phi) is 5.69. The first-order chi connectivity index (χ1) is 23.6. The van der Waals surface area contributed by atoms with Gasteiger partial charge in [0.05, 0.1) is 0 Å². The lowest BCUT2D eigenvalue weighted by Gasteiger charge is -2.26. The Morgan fingerprint density at radius 1 is 0.438 bits per heavy atom. The van der Waals surface area contributed by atoms with Gasteiger partial charge in [0.25, 0.3) is 0 Å². The van der Waals surface area contributed by atoms with Crippen molar-refractivity contribution in [2.45, 2.75) is 19.3 Å². The van der Waals surface area contributed by atoms with Gasteiger partial charge in [0.1, 0.15) is 11.2 Å².